The van der Waals surface area contributed by atoms with Gasteiger partial charge in [-0.3, -0.25) is 4.79 Å². The highest BCUT2D eigenvalue weighted by Crippen LogP contribution is 2.44. The zero-order valence-corrected chi connectivity index (χ0v) is 15.7. The number of methoxy groups -OCH3 is 2. The van der Waals surface area contributed by atoms with Gasteiger partial charge in [0.2, 0.25) is 5.91 Å². The molecule has 1 atom stereocenters. The smallest absolute Gasteiger partial charge is 0.231 e. The predicted octanol–water partition coefficient (Wildman–Crippen LogP) is 4.39. The third kappa shape index (κ3) is 3.41. The molecule has 0 aromatic heterocycles. The fourth-order valence-electron chi connectivity index (χ4n) is 3.92. The number of benzene rings is 2. The number of carbonyl (C=O) groups is 1. The average molecular weight is 353 g/mol. The SMILES string of the molecule is COc1ccc(C2(C(=O)NC(C)c3ccccc3)CCCC2)cc1OC. The Bertz CT molecular complexity index is 751. The molecule has 1 saturated carbocycles. The lowest BCUT2D eigenvalue weighted by Gasteiger charge is -2.30. The minimum absolute atomic E-state index is 0.0266. The van der Waals surface area contributed by atoms with E-state index in [1.807, 2.05) is 55.5 Å². The molecule has 26 heavy (non-hydrogen) atoms. The Morgan fingerprint density at radius 3 is 2.27 bits per heavy atom. The van der Waals surface area contributed by atoms with E-state index in [1.54, 1.807) is 14.2 Å². The summed E-state index contributed by atoms with van der Waals surface area (Å²) < 4.78 is 10.8. The van der Waals surface area contributed by atoms with Gasteiger partial charge in [-0.05, 0) is 43.0 Å². The monoisotopic (exact) mass is 353 g/mol. The molecular formula is C22H27NO3. The summed E-state index contributed by atoms with van der Waals surface area (Å²) in [6, 6.07) is 15.9. The Labute approximate surface area is 155 Å². The molecule has 2 aromatic carbocycles. The van der Waals surface area contributed by atoms with Crippen molar-refractivity contribution in [1.82, 2.24) is 5.32 Å². The van der Waals surface area contributed by atoms with Gasteiger partial charge in [0, 0.05) is 0 Å². The zero-order valence-electron chi connectivity index (χ0n) is 15.7. The van der Waals surface area contributed by atoms with E-state index in [9.17, 15) is 4.79 Å². The highest BCUT2D eigenvalue weighted by atomic mass is 16.5. The van der Waals surface area contributed by atoms with E-state index in [0.29, 0.717) is 11.5 Å². The van der Waals surface area contributed by atoms with Gasteiger partial charge in [0.05, 0.1) is 25.7 Å². The van der Waals surface area contributed by atoms with Crippen LogP contribution >= 0.6 is 0 Å². The molecule has 0 bridgehead atoms. The third-order valence-electron chi connectivity index (χ3n) is 5.48. The Morgan fingerprint density at radius 2 is 1.65 bits per heavy atom. The molecule has 4 heteroatoms. The zero-order chi connectivity index (χ0) is 18.6. The minimum Gasteiger partial charge on any atom is -0.493 e. The van der Waals surface area contributed by atoms with Gasteiger partial charge in [-0.1, -0.05) is 49.2 Å². The first-order chi connectivity index (χ1) is 12.6. The van der Waals surface area contributed by atoms with Crippen LogP contribution in [0.1, 0.15) is 49.8 Å². The largest absolute Gasteiger partial charge is 0.493 e. The van der Waals surface area contributed by atoms with Gasteiger partial charge >= 0.3 is 0 Å². The lowest BCUT2D eigenvalue weighted by Crippen LogP contribution is -2.43. The molecule has 1 amide bonds. The second-order valence-corrected chi connectivity index (χ2v) is 6.96. The Balaban J connectivity index is 1.89. The van der Waals surface area contributed by atoms with Crippen molar-refractivity contribution >= 4 is 5.91 Å². The van der Waals surface area contributed by atoms with E-state index in [4.69, 9.17) is 9.47 Å². The van der Waals surface area contributed by atoms with Gasteiger partial charge in [0.1, 0.15) is 0 Å². The fourth-order valence-corrected chi connectivity index (χ4v) is 3.92. The van der Waals surface area contributed by atoms with Gasteiger partial charge in [-0.25, -0.2) is 0 Å². The molecule has 0 radical (unpaired) electrons. The van der Waals surface area contributed by atoms with Crippen LogP contribution in [-0.4, -0.2) is 20.1 Å². The van der Waals surface area contributed by atoms with E-state index >= 15 is 0 Å². The average Bonchev–Trinajstić information content (AvgIpc) is 3.19. The molecule has 138 valence electrons. The molecule has 2 aromatic rings. The van der Waals surface area contributed by atoms with E-state index < -0.39 is 5.41 Å². The molecule has 3 rings (SSSR count). The number of nitrogens with one attached hydrogen (secondary N) is 1. The van der Waals surface area contributed by atoms with Crippen LogP contribution in [0.25, 0.3) is 0 Å². The Morgan fingerprint density at radius 1 is 1.00 bits per heavy atom. The molecule has 1 unspecified atom stereocenters. The van der Waals surface area contributed by atoms with Gasteiger partial charge in [-0.2, -0.15) is 0 Å². The molecule has 0 saturated heterocycles. The van der Waals surface area contributed by atoms with Crippen molar-refractivity contribution in [1.29, 1.82) is 0 Å². The van der Waals surface area contributed by atoms with Crippen LogP contribution in [0.4, 0.5) is 0 Å². The minimum atomic E-state index is -0.497. The van der Waals surface area contributed by atoms with Crippen LogP contribution in [0.2, 0.25) is 0 Å². The summed E-state index contributed by atoms with van der Waals surface area (Å²) in [7, 11) is 3.25. The van der Waals surface area contributed by atoms with Crippen molar-refractivity contribution in [3.63, 3.8) is 0 Å². The molecule has 1 fully saturated rings. The molecule has 0 spiro atoms. The van der Waals surface area contributed by atoms with Crippen molar-refractivity contribution in [3.05, 3.63) is 59.7 Å². The van der Waals surface area contributed by atoms with Crippen LogP contribution in [-0.2, 0) is 10.2 Å². The fraction of sp³-hybridized carbons (Fsp3) is 0.409. The first-order valence-electron chi connectivity index (χ1n) is 9.19. The van der Waals surface area contributed by atoms with Crippen LogP contribution < -0.4 is 14.8 Å². The number of hydrogen-bond donors (Lipinski definition) is 1. The van der Waals surface area contributed by atoms with Gasteiger partial charge in [0.15, 0.2) is 11.5 Å². The Kier molecular flexibility index (Phi) is 5.50. The lowest BCUT2D eigenvalue weighted by molar-refractivity contribution is -0.127. The maximum absolute atomic E-state index is 13.3. The highest BCUT2D eigenvalue weighted by molar-refractivity contribution is 5.89. The topological polar surface area (TPSA) is 47.6 Å². The molecule has 1 N–H and O–H groups in total. The standard InChI is InChI=1S/C22H27NO3/c1-16(17-9-5-4-6-10-17)23-21(24)22(13-7-8-14-22)18-11-12-19(25-2)20(15-18)26-3/h4-6,9-12,15-16H,7-8,13-14H2,1-3H3,(H,23,24). The second-order valence-electron chi connectivity index (χ2n) is 6.96. The molecule has 1 aliphatic carbocycles. The van der Waals surface area contributed by atoms with E-state index in [1.165, 1.54) is 0 Å². The van der Waals surface area contributed by atoms with E-state index in [-0.39, 0.29) is 11.9 Å². The van der Waals surface area contributed by atoms with Gasteiger partial charge in [0.25, 0.3) is 0 Å². The second kappa shape index (κ2) is 7.81. The van der Waals surface area contributed by atoms with E-state index in [0.717, 1.165) is 36.8 Å². The summed E-state index contributed by atoms with van der Waals surface area (Å²) >= 11 is 0. The first kappa shape index (κ1) is 18.3. The van der Waals surface area contributed by atoms with Crippen LogP contribution in [0.15, 0.2) is 48.5 Å². The van der Waals surface area contributed by atoms with Gasteiger partial charge < -0.3 is 14.8 Å². The molecule has 0 aliphatic heterocycles. The van der Waals surface area contributed by atoms with E-state index in [2.05, 4.69) is 5.32 Å². The summed E-state index contributed by atoms with van der Waals surface area (Å²) in [4.78, 5) is 13.3. The van der Waals surface area contributed by atoms with Crippen molar-refractivity contribution in [2.75, 3.05) is 14.2 Å². The van der Waals surface area contributed by atoms with Crippen LogP contribution in [0.3, 0.4) is 0 Å². The van der Waals surface area contributed by atoms with Crippen molar-refractivity contribution in [2.45, 2.75) is 44.1 Å². The van der Waals surface area contributed by atoms with Gasteiger partial charge in [-0.15, -0.1) is 0 Å². The molecular weight excluding hydrogens is 326 g/mol. The van der Waals surface area contributed by atoms with Crippen molar-refractivity contribution in [3.8, 4) is 11.5 Å². The number of ether oxygens (including phenoxy) is 2. The third-order valence-corrected chi connectivity index (χ3v) is 5.48. The normalized spacial score (nSPS) is 16.7. The number of rotatable bonds is 6. The van der Waals surface area contributed by atoms with Crippen molar-refractivity contribution in [2.24, 2.45) is 0 Å². The number of hydrogen-bond acceptors (Lipinski definition) is 3. The molecule has 1 aliphatic rings. The maximum Gasteiger partial charge on any atom is 0.231 e. The maximum atomic E-state index is 13.3. The summed E-state index contributed by atoms with van der Waals surface area (Å²) in [5.74, 6) is 1.45. The summed E-state index contributed by atoms with van der Waals surface area (Å²) in [5, 5.41) is 3.23. The first-order valence-corrected chi connectivity index (χ1v) is 9.19. The summed E-state index contributed by atoms with van der Waals surface area (Å²) in [5.41, 5.74) is 1.62. The van der Waals surface area contributed by atoms with Crippen LogP contribution in [0, 0.1) is 0 Å². The van der Waals surface area contributed by atoms with Crippen LogP contribution in [0.5, 0.6) is 11.5 Å². The summed E-state index contributed by atoms with van der Waals surface area (Å²) in [6.45, 7) is 2.03. The Hall–Kier alpha value is -2.49. The lowest BCUT2D eigenvalue weighted by atomic mass is 9.77. The number of amides is 1. The quantitative estimate of drug-likeness (QED) is 0.838. The molecule has 0 heterocycles. The number of carbonyl (C=O) groups excluding carboxylic acids is 1. The molecule has 4 nitrogen and oxygen atoms in total. The highest BCUT2D eigenvalue weighted by Gasteiger charge is 2.43. The predicted molar refractivity (Wildman–Crippen MR) is 103 cm³/mol. The van der Waals surface area contributed by atoms with Crippen molar-refractivity contribution < 1.29 is 14.3 Å². The summed E-state index contributed by atoms with van der Waals surface area (Å²) in [6.07, 6.45) is 3.83.